The quantitative estimate of drug-likeness (QED) is 0.836. The van der Waals surface area contributed by atoms with E-state index >= 15 is 0 Å². The van der Waals surface area contributed by atoms with Crippen molar-refractivity contribution in [3.63, 3.8) is 0 Å². The molecule has 1 amide bonds. The Hall–Kier alpha value is -1.34. The number of hydrogen-bond acceptors (Lipinski definition) is 2. The largest absolute Gasteiger partial charge is 0.324 e. The van der Waals surface area contributed by atoms with E-state index in [4.69, 9.17) is 5.26 Å². The van der Waals surface area contributed by atoms with Gasteiger partial charge in [0.2, 0.25) is 0 Å². The molecule has 0 aliphatic carbocycles. The molecule has 0 atom stereocenters. The van der Waals surface area contributed by atoms with Crippen molar-refractivity contribution in [2.45, 2.75) is 19.4 Å². The van der Waals surface area contributed by atoms with Gasteiger partial charge in [-0.3, -0.25) is 4.79 Å². The van der Waals surface area contributed by atoms with Gasteiger partial charge in [0.05, 0.1) is 11.6 Å². The summed E-state index contributed by atoms with van der Waals surface area (Å²) in [6.07, 6.45) is 0. The van der Waals surface area contributed by atoms with Crippen LogP contribution >= 0.6 is 15.9 Å². The summed E-state index contributed by atoms with van der Waals surface area (Å²) < 4.78 is 0.737. The first-order valence-corrected chi connectivity index (χ1v) is 5.63. The van der Waals surface area contributed by atoms with Gasteiger partial charge in [-0.1, -0.05) is 12.1 Å². The summed E-state index contributed by atoms with van der Waals surface area (Å²) >= 11 is 3.32. The van der Waals surface area contributed by atoms with E-state index in [1.165, 1.54) is 4.90 Å². The Balaban J connectivity index is 3.06. The van der Waals surface area contributed by atoms with E-state index in [-0.39, 0.29) is 5.91 Å². The smallest absolute Gasteiger partial charge is 0.256 e. The molecule has 1 aromatic carbocycles. The molecular formula is C12H13BrN2O. The van der Waals surface area contributed by atoms with Gasteiger partial charge in [0.15, 0.2) is 0 Å². The number of rotatable bonds is 2. The molecule has 84 valence electrons. The molecule has 0 spiro atoms. The fourth-order valence-electron chi connectivity index (χ4n) is 1.14. The van der Waals surface area contributed by atoms with E-state index in [9.17, 15) is 4.79 Å². The van der Waals surface area contributed by atoms with Crippen LogP contribution in [0, 0.1) is 11.3 Å². The van der Waals surface area contributed by atoms with Gasteiger partial charge in [0.1, 0.15) is 5.54 Å². The summed E-state index contributed by atoms with van der Waals surface area (Å²) in [6, 6.07) is 9.28. The normalized spacial score (nSPS) is 10.7. The molecule has 0 unspecified atom stereocenters. The summed E-state index contributed by atoms with van der Waals surface area (Å²) in [5, 5.41) is 8.97. The van der Waals surface area contributed by atoms with Crippen molar-refractivity contribution in [3.05, 3.63) is 34.3 Å². The maximum absolute atomic E-state index is 12.1. The number of carbonyl (C=O) groups excluding carboxylic acids is 1. The number of halogens is 1. The molecule has 1 aromatic rings. The maximum atomic E-state index is 12.1. The molecule has 0 saturated heterocycles. The Morgan fingerprint density at radius 3 is 2.50 bits per heavy atom. The van der Waals surface area contributed by atoms with Crippen LogP contribution in [0.1, 0.15) is 24.2 Å². The van der Waals surface area contributed by atoms with E-state index in [2.05, 4.69) is 22.0 Å². The zero-order chi connectivity index (χ0) is 12.3. The van der Waals surface area contributed by atoms with E-state index in [1.54, 1.807) is 39.1 Å². The van der Waals surface area contributed by atoms with Gasteiger partial charge < -0.3 is 4.90 Å². The van der Waals surface area contributed by atoms with Crippen molar-refractivity contribution >= 4 is 21.8 Å². The molecule has 16 heavy (non-hydrogen) atoms. The van der Waals surface area contributed by atoms with Crippen LogP contribution in [-0.2, 0) is 0 Å². The number of hydrogen-bond donors (Lipinski definition) is 0. The average Bonchev–Trinajstić information content (AvgIpc) is 2.27. The first kappa shape index (κ1) is 12.7. The highest BCUT2D eigenvalue weighted by Gasteiger charge is 2.28. The lowest BCUT2D eigenvalue weighted by molar-refractivity contribution is 0.0697. The third kappa shape index (κ3) is 2.42. The molecule has 0 N–H and O–H groups in total. The number of nitrogens with zero attached hydrogens (tertiary/aromatic N) is 2. The van der Waals surface area contributed by atoms with Crippen molar-refractivity contribution in [2.24, 2.45) is 0 Å². The van der Waals surface area contributed by atoms with Crippen LogP contribution < -0.4 is 0 Å². The Morgan fingerprint density at radius 2 is 2.00 bits per heavy atom. The van der Waals surface area contributed by atoms with Gasteiger partial charge in [-0.15, -0.1) is 0 Å². The van der Waals surface area contributed by atoms with Crippen LogP contribution in [0.5, 0.6) is 0 Å². The van der Waals surface area contributed by atoms with E-state index < -0.39 is 5.54 Å². The van der Waals surface area contributed by atoms with Crippen molar-refractivity contribution in [3.8, 4) is 6.07 Å². The topological polar surface area (TPSA) is 44.1 Å². The molecule has 0 saturated carbocycles. The van der Waals surface area contributed by atoms with Gasteiger partial charge >= 0.3 is 0 Å². The summed E-state index contributed by atoms with van der Waals surface area (Å²) in [6.45, 7) is 3.42. The lowest BCUT2D eigenvalue weighted by Crippen LogP contribution is -2.43. The first-order valence-electron chi connectivity index (χ1n) is 4.84. The number of nitriles is 1. The van der Waals surface area contributed by atoms with Crippen molar-refractivity contribution in [1.29, 1.82) is 5.26 Å². The first-order chi connectivity index (χ1) is 7.40. The van der Waals surface area contributed by atoms with Crippen molar-refractivity contribution in [1.82, 2.24) is 4.90 Å². The minimum absolute atomic E-state index is 0.168. The molecule has 0 bridgehead atoms. The molecular weight excluding hydrogens is 268 g/mol. The summed E-state index contributed by atoms with van der Waals surface area (Å²) in [7, 11) is 1.63. The minimum Gasteiger partial charge on any atom is -0.324 e. The lowest BCUT2D eigenvalue weighted by atomic mass is 10.0. The van der Waals surface area contributed by atoms with E-state index in [0.717, 1.165) is 4.47 Å². The van der Waals surface area contributed by atoms with Gasteiger partial charge in [0, 0.05) is 11.5 Å². The second kappa shape index (κ2) is 4.67. The van der Waals surface area contributed by atoms with Crippen LogP contribution in [0.3, 0.4) is 0 Å². The molecule has 0 radical (unpaired) electrons. The molecule has 1 rings (SSSR count). The zero-order valence-electron chi connectivity index (χ0n) is 9.49. The number of carbonyl (C=O) groups is 1. The van der Waals surface area contributed by atoms with Crippen LogP contribution in [0.4, 0.5) is 0 Å². The Labute approximate surface area is 104 Å². The Kier molecular flexibility index (Phi) is 3.71. The third-order valence-corrected chi connectivity index (χ3v) is 3.21. The van der Waals surface area contributed by atoms with E-state index in [0.29, 0.717) is 5.56 Å². The highest BCUT2D eigenvalue weighted by Crippen LogP contribution is 2.21. The van der Waals surface area contributed by atoms with Gasteiger partial charge in [-0.05, 0) is 41.9 Å². The van der Waals surface area contributed by atoms with Crippen LogP contribution in [-0.4, -0.2) is 23.4 Å². The second-order valence-electron chi connectivity index (χ2n) is 4.01. The summed E-state index contributed by atoms with van der Waals surface area (Å²) in [5.41, 5.74) is -0.250. The van der Waals surface area contributed by atoms with E-state index in [1.807, 2.05) is 6.07 Å². The van der Waals surface area contributed by atoms with Crippen molar-refractivity contribution in [2.75, 3.05) is 7.05 Å². The maximum Gasteiger partial charge on any atom is 0.256 e. The predicted octanol–water partition coefficient (Wildman–Crippen LogP) is 2.82. The average molecular weight is 281 g/mol. The second-order valence-corrected chi connectivity index (χ2v) is 4.87. The Bertz CT molecular complexity index is 449. The molecule has 3 nitrogen and oxygen atoms in total. The fraction of sp³-hybridized carbons (Fsp3) is 0.333. The van der Waals surface area contributed by atoms with Crippen molar-refractivity contribution < 1.29 is 4.79 Å². The van der Waals surface area contributed by atoms with Crippen LogP contribution in [0.25, 0.3) is 0 Å². The molecule has 0 aromatic heterocycles. The highest BCUT2D eigenvalue weighted by molar-refractivity contribution is 9.10. The predicted molar refractivity (Wildman–Crippen MR) is 65.9 cm³/mol. The zero-order valence-corrected chi connectivity index (χ0v) is 11.1. The number of amides is 1. The molecule has 0 fully saturated rings. The van der Waals surface area contributed by atoms with Crippen LogP contribution in [0.2, 0.25) is 0 Å². The highest BCUT2D eigenvalue weighted by atomic mass is 79.9. The minimum atomic E-state index is -0.813. The van der Waals surface area contributed by atoms with Gasteiger partial charge in [0.25, 0.3) is 5.91 Å². The third-order valence-electron chi connectivity index (χ3n) is 2.52. The SMILES string of the molecule is CN(C(=O)c1ccccc1Br)C(C)(C)C#N. The Morgan fingerprint density at radius 1 is 1.44 bits per heavy atom. The van der Waals surface area contributed by atoms with Gasteiger partial charge in [-0.2, -0.15) is 5.26 Å². The molecule has 0 heterocycles. The monoisotopic (exact) mass is 280 g/mol. The standard InChI is InChI=1S/C12H13BrN2O/c1-12(2,8-14)15(3)11(16)9-6-4-5-7-10(9)13/h4-7H,1-3H3. The molecule has 4 heteroatoms. The molecule has 0 aliphatic rings. The fourth-order valence-corrected chi connectivity index (χ4v) is 1.60. The molecule has 0 aliphatic heterocycles. The summed E-state index contributed by atoms with van der Waals surface area (Å²) in [5.74, 6) is -0.168. The lowest BCUT2D eigenvalue weighted by Gasteiger charge is -2.29. The summed E-state index contributed by atoms with van der Waals surface area (Å²) in [4.78, 5) is 13.6. The number of benzene rings is 1. The van der Waals surface area contributed by atoms with Crippen LogP contribution in [0.15, 0.2) is 28.7 Å². The van der Waals surface area contributed by atoms with Gasteiger partial charge in [-0.25, -0.2) is 0 Å².